The van der Waals surface area contributed by atoms with E-state index in [0.29, 0.717) is 11.3 Å². The molecule has 1 aromatic carbocycles. The zero-order chi connectivity index (χ0) is 15.3. The maximum Gasteiger partial charge on any atom is 0.251 e. The molecular formula is C15H24FN3O. The Kier molecular flexibility index (Phi) is 5.95. The van der Waals surface area contributed by atoms with E-state index < -0.39 is 5.82 Å². The largest absolute Gasteiger partial charge is 0.398 e. The molecule has 5 heteroatoms. The van der Waals surface area contributed by atoms with Crippen molar-refractivity contribution in [1.29, 1.82) is 0 Å². The molecule has 0 saturated carbocycles. The van der Waals surface area contributed by atoms with E-state index in [1.165, 1.54) is 12.1 Å². The second-order valence-corrected chi connectivity index (χ2v) is 5.03. The molecule has 0 aromatic heterocycles. The summed E-state index contributed by atoms with van der Waals surface area (Å²) in [6, 6.07) is 2.73. The van der Waals surface area contributed by atoms with E-state index in [4.69, 9.17) is 5.73 Å². The number of halogens is 1. The van der Waals surface area contributed by atoms with E-state index in [-0.39, 0.29) is 17.5 Å². The summed E-state index contributed by atoms with van der Waals surface area (Å²) in [5, 5.41) is 2.87. The minimum Gasteiger partial charge on any atom is -0.398 e. The Morgan fingerprint density at radius 3 is 2.50 bits per heavy atom. The first-order valence-electron chi connectivity index (χ1n) is 6.97. The molecule has 0 radical (unpaired) electrons. The number of benzene rings is 1. The number of hydrogen-bond acceptors (Lipinski definition) is 3. The van der Waals surface area contributed by atoms with Crippen molar-refractivity contribution in [3.05, 3.63) is 29.1 Å². The lowest BCUT2D eigenvalue weighted by Gasteiger charge is -2.23. The smallest absolute Gasteiger partial charge is 0.251 e. The summed E-state index contributed by atoms with van der Waals surface area (Å²) in [6.45, 7) is 10.3. The molecule has 0 aliphatic rings. The van der Waals surface area contributed by atoms with Gasteiger partial charge in [-0.05, 0) is 39.1 Å². The molecule has 112 valence electrons. The third-order valence-corrected chi connectivity index (χ3v) is 3.45. The third-order valence-electron chi connectivity index (χ3n) is 3.45. The molecule has 1 unspecified atom stereocenters. The van der Waals surface area contributed by atoms with Crippen LogP contribution in [0.25, 0.3) is 0 Å². The predicted molar refractivity (Wildman–Crippen MR) is 80.3 cm³/mol. The van der Waals surface area contributed by atoms with Crippen LogP contribution in [-0.4, -0.2) is 36.5 Å². The van der Waals surface area contributed by atoms with Crippen LogP contribution in [-0.2, 0) is 0 Å². The Morgan fingerprint density at radius 2 is 2.00 bits per heavy atom. The molecule has 0 aliphatic carbocycles. The topological polar surface area (TPSA) is 58.4 Å². The lowest BCUT2D eigenvalue weighted by atomic mass is 10.1. The van der Waals surface area contributed by atoms with Gasteiger partial charge in [0.25, 0.3) is 5.91 Å². The van der Waals surface area contributed by atoms with Crippen molar-refractivity contribution in [2.24, 2.45) is 0 Å². The van der Waals surface area contributed by atoms with Gasteiger partial charge in [0.15, 0.2) is 0 Å². The number of nitrogen functional groups attached to an aromatic ring is 1. The van der Waals surface area contributed by atoms with Gasteiger partial charge in [-0.3, -0.25) is 4.79 Å². The van der Waals surface area contributed by atoms with Crippen molar-refractivity contribution in [1.82, 2.24) is 10.2 Å². The number of amides is 1. The van der Waals surface area contributed by atoms with Gasteiger partial charge in [0.1, 0.15) is 5.82 Å². The normalized spacial score (nSPS) is 12.5. The fourth-order valence-electron chi connectivity index (χ4n) is 2.05. The van der Waals surface area contributed by atoms with Gasteiger partial charge in [0.2, 0.25) is 0 Å². The molecule has 1 atom stereocenters. The van der Waals surface area contributed by atoms with Crippen LogP contribution in [0.15, 0.2) is 12.1 Å². The molecule has 1 rings (SSSR count). The van der Waals surface area contributed by atoms with E-state index >= 15 is 0 Å². The number of carbonyl (C=O) groups excluding carboxylic acids is 1. The number of anilines is 1. The van der Waals surface area contributed by atoms with E-state index in [1.807, 2.05) is 6.92 Å². The maximum atomic E-state index is 13.6. The molecule has 0 heterocycles. The van der Waals surface area contributed by atoms with Crippen molar-refractivity contribution in [2.75, 3.05) is 25.4 Å². The predicted octanol–water partition coefficient (Wildman–Crippen LogP) is 2.18. The van der Waals surface area contributed by atoms with Crippen molar-refractivity contribution in [3.8, 4) is 0 Å². The zero-order valence-corrected chi connectivity index (χ0v) is 12.7. The molecule has 1 aromatic rings. The van der Waals surface area contributed by atoms with Gasteiger partial charge in [-0.15, -0.1) is 0 Å². The monoisotopic (exact) mass is 281 g/mol. The van der Waals surface area contributed by atoms with Crippen LogP contribution >= 0.6 is 0 Å². The first-order valence-corrected chi connectivity index (χ1v) is 6.97. The van der Waals surface area contributed by atoms with Gasteiger partial charge in [-0.25, -0.2) is 4.39 Å². The van der Waals surface area contributed by atoms with Crippen molar-refractivity contribution < 1.29 is 9.18 Å². The number of likely N-dealkylation sites (N-methyl/N-ethyl adjacent to an activating group) is 1. The highest BCUT2D eigenvalue weighted by atomic mass is 19.1. The molecule has 0 aliphatic heterocycles. The Labute approximate surface area is 120 Å². The molecule has 3 N–H and O–H groups in total. The molecule has 1 amide bonds. The maximum absolute atomic E-state index is 13.6. The standard InChI is InChI=1S/C15H24FN3O/c1-5-19(6-2)9-10(3)18-15(20)12-7-13(16)11(4)14(17)8-12/h7-8,10H,5-6,9,17H2,1-4H3,(H,18,20). The Hall–Kier alpha value is -1.62. The second kappa shape index (κ2) is 7.24. The van der Waals surface area contributed by atoms with Crippen molar-refractivity contribution >= 4 is 11.6 Å². The van der Waals surface area contributed by atoms with Gasteiger partial charge < -0.3 is 16.0 Å². The van der Waals surface area contributed by atoms with Gasteiger partial charge in [0, 0.05) is 29.4 Å². The van der Waals surface area contributed by atoms with Gasteiger partial charge in [0.05, 0.1) is 0 Å². The zero-order valence-electron chi connectivity index (χ0n) is 12.7. The quantitative estimate of drug-likeness (QED) is 0.786. The summed E-state index contributed by atoms with van der Waals surface area (Å²) in [7, 11) is 0. The van der Waals surface area contributed by atoms with E-state index in [2.05, 4.69) is 24.1 Å². The molecular weight excluding hydrogens is 257 g/mol. The lowest BCUT2D eigenvalue weighted by Crippen LogP contribution is -2.42. The first-order chi connectivity index (χ1) is 9.38. The summed E-state index contributed by atoms with van der Waals surface area (Å²) in [5.41, 5.74) is 6.62. The average Bonchev–Trinajstić information content (AvgIpc) is 2.41. The van der Waals surface area contributed by atoms with Crippen LogP contribution in [0.4, 0.5) is 10.1 Å². The van der Waals surface area contributed by atoms with Crippen LogP contribution in [0.3, 0.4) is 0 Å². The van der Waals surface area contributed by atoms with Crippen LogP contribution < -0.4 is 11.1 Å². The molecule has 20 heavy (non-hydrogen) atoms. The number of nitrogens with one attached hydrogen (secondary N) is 1. The van der Waals surface area contributed by atoms with E-state index in [1.54, 1.807) is 6.92 Å². The molecule has 0 fully saturated rings. The highest BCUT2D eigenvalue weighted by Crippen LogP contribution is 2.17. The molecule has 0 spiro atoms. The Bertz CT molecular complexity index is 449. The van der Waals surface area contributed by atoms with Crippen LogP contribution in [0.2, 0.25) is 0 Å². The van der Waals surface area contributed by atoms with Crippen LogP contribution in [0.5, 0.6) is 0 Å². The number of nitrogens with two attached hydrogens (primary N) is 1. The van der Waals surface area contributed by atoms with Crippen LogP contribution in [0.1, 0.15) is 36.7 Å². The fraction of sp³-hybridized carbons (Fsp3) is 0.533. The highest BCUT2D eigenvalue weighted by molar-refractivity contribution is 5.95. The average molecular weight is 281 g/mol. The number of carbonyl (C=O) groups is 1. The minimum atomic E-state index is -0.452. The lowest BCUT2D eigenvalue weighted by molar-refractivity contribution is 0.0930. The van der Waals surface area contributed by atoms with Crippen molar-refractivity contribution in [3.63, 3.8) is 0 Å². The van der Waals surface area contributed by atoms with Crippen molar-refractivity contribution in [2.45, 2.75) is 33.7 Å². The number of nitrogens with zero attached hydrogens (tertiary/aromatic N) is 1. The highest BCUT2D eigenvalue weighted by Gasteiger charge is 2.14. The minimum absolute atomic E-state index is 0.00649. The third kappa shape index (κ3) is 4.20. The molecule has 0 saturated heterocycles. The summed E-state index contributed by atoms with van der Waals surface area (Å²) >= 11 is 0. The summed E-state index contributed by atoms with van der Waals surface area (Å²) < 4.78 is 13.6. The molecule has 4 nitrogen and oxygen atoms in total. The second-order valence-electron chi connectivity index (χ2n) is 5.03. The molecule has 0 bridgehead atoms. The Balaban J connectivity index is 2.71. The summed E-state index contributed by atoms with van der Waals surface area (Å²) in [6.07, 6.45) is 0. The van der Waals surface area contributed by atoms with E-state index in [9.17, 15) is 9.18 Å². The summed E-state index contributed by atoms with van der Waals surface area (Å²) in [5.74, 6) is -0.748. The summed E-state index contributed by atoms with van der Waals surface area (Å²) in [4.78, 5) is 14.3. The number of hydrogen-bond donors (Lipinski definition) is 2. The van der Waals surface area contributed by atoms with Gasteiger partial charge in [-0.2, -0.15) is 0 Å². The van der Waals surface area contributed by atoms with Gasteiger partial charge in [-0.1, -0.05) is 13.8 Å². The van der Waals surface area contributed by atoms with E-state index in [0.717, 1.165) is 19.6 Å². The Morgan fingerprint density at radius 1 is 1.40 bits per heavy atom. The van der Waals surface area contributed by atoms with Gasteiger partial charge >= 0.3 is 0 Å². The SMILES string of the molecule is CCN(CC)CC(C)NC(=O)c1cc(N)c(C)c(F)c1. The number of rotatable bonds is 6. The van der Waals surface area contributed by atoms with Crippen LogP contribution in [0, 0.1) is 12.7 Å². The first kappa shape index (κ1) is 16.4. The fourth-order valence-corrected chi connectivity index (χ4v) is 2.05.